The van der Waals surface area contributed by atoms with Crippen LogP contribution in [0.4, 0.5) is 0 Å². The van der Waals surface area contributed by atoms with E-state index < -0.39 is 17.6 Å². The lowest BCUT2D eigenvalue weighted by atomic mass is 9.48. The summed E-state index contributed by atoms with van der Waals surface area (Å²) in [4.78, 5) is 14.7. The molecule has 0 aromatic heterocycles. The highest BCUT2D eigenvalue weighted by molar-refractivity contribution is 5.74. The topological polar surface area (TPSA) is 91.3 Å². The number of benzene rings is 1. The second kappa shape index (κ2) is 7.33. The summed E-state index contributed by atoms with van der Waals surface area (Å²) in [6.45, 7) is 5.99. The number of carbonyl (C=O) groups is 1. The van der Waals surface area contributed by atoms with Gasteiger partial charge in [0.2, 0.25) is 0 Å². The van der Waals surface area contributed by atoms with Gasteiger partial charge >= 0.3 is 5.97 Å². The maximum atomic E-state index is 12.0. The summed E-state index contributed by atoms with van der Waals surface area (Å²) in [5.74, 6) is 0.713. The highest BCUT2D eigenvalue weighted by Crippen LogP contribution is 2.66. The molecule has 3 N–H and O–H groups in total. The van der Waals surface area contributed by atoms with Crippen LogP contribution in [-0.4, -0.2) is 71.1 Å². The summed E-state index contributed by atoms with van der Waals surface area (Å²) in [5.41, 5.74) is 1.60. The van der Waals surface area contributed by atoms with Gasteiger partial charge in [-0.2, -0.15) is 0 Å². The number of carboxylic acid groups (broad SMARTS) is 1. The van der Waals surface area contributed by atoms with Crippen LogP contribution >= 0.6 is 0 Å². The second-order valence-electron chi connectivity index (χ2n) is 11.3. The lowest BCUT2D eigenvalue weighted by Crippen LogP contribution is -2.79. The van der Waals surface area contributed by atoms with Crippen molar-refractivity contribution in [3.8, 4) is 11.5 Å². The molecule has 0 unspecified atom stereocenters. The summed E-state index contributed by atoms with van der Waals surface area (Å²) in [6.07, 6.45) is 5.83. The second-order valence-corrected chi connectivity index (χ2v) is 11.3. The molecule has 1 spiro atoms. The highest BCUT2D eigenvalue weighted by Gasteiger charge is 2.74. The van der Waals surface area contributed by atoms with Gasteiger partial charge in [0, 0.05) is 31.3 Å². The van der Waals surface area contributed by atoms with E-state index in [1.807, 2.05) is 21.0 Å². The molecule has 0 radical (unpaired) electrons. The Bertz CT molecular complexity index is 978. The third-order valence-electron chi connectivity index (χ3n) is 9.41. The Morgan fingerprint density at radius 3 is 2.76 bits per heavy atom. The molecule has 3 aliphatic carbocycles. The molecule has 5 aliphatic rings. The SMILES string of the molecule is CO[C@@]12CC[C@H](N[C@@H](C(=O)O)C(C)C)[C@@H]3Oc4c(O)ccc5c4[C@@]31CCN(CC1CC1)[C@@H]2C5. The Morgan fingerprint density at radius 1 is 1.30 bits per heavy atom. The summed E-state index contributed by atoms with van der Waals surface area (Å²) in [5, 5.41) is 24.1. The van der Waals surface area contributed by atoms with Gasteiger partial charge in [-0.05, 0) is 68.5 Å². The largest absolute Gasteiger partial charge is 0.504 e. The molecular weight excluding hydrogens is 420 g/mol. The molecule has 6 atom stereocenters. The van der Waals surface area contributed by atoms with Crippen LogP contribution in [0.25, 0.3) is 0 Å². The van der Waals surface area contributed by atoms with Gasteiger partial charge in [-0.25, -0.2) is 0 Å². The molecule has 1 aromatic rings. The van der Waals surface area contributed by atoms with Crippen LogP contribution in [0.15, 0.2) is 12.1 Å². The molecule has 2 saturated carbocycles. The van der Waals surface area contributed by atoms with E-state index >= 15 is 0 Å². The monoisotopic (exact) mass is 456 g/mol. The molecule has 0 amide bonds. The highest BCUT2D eigenvalue weighted by atomic mass is 16.5. The van der Waals surface area contributed by atoms with Crippen molar-refractivity contribution in [3.63, 3.8) is 0 Å². The first-order chi connectivity index (χ1) is 15.8. The average molecular weight is 457 g/mol. The number of phenolic OH excluding ortho intramolecular Hbond substituents is 1. The van der Waals surface area contributed by atoms with Gasteiger partial charge in [-0.3, -0.25) is 15.0 Å². The van der Waals surface area contributed by atoms with E-state index in [1.165, 1.54) is 18.4 Å². The van der Waals surface area contributed by atoms with Gasteiger partial charge in [0.1, 0.15) is 12.1 Å². The third-order valence-corrected chi connectivity index (χ3v) is 9.41. The van der Waals surface area contributed by atoms with E-state index in [-0.39, 0.29) is 35.3 Å². The van der Waals surface area contributed by atoms with Crippen molar-refractivity contribution in [1.29, 1.82) is 0 Å². The Morgan fingerprint density at radius 2 is 2.09 bits per heavy atom. The minimum atomic E-state index is -0.828. The molecule has 180 valence electrons. The Balaban J connectivity index is 1.47. The van der Waals surface area contributed by atoms with Crippen LogP contribution in [0, 0.1) is 11.8 Å². The first-order valence-corrected chi connectivity index (χ1v) is 12.6. The van der Waals surface area contributed by atoms with Gasteiger partial charge in [0.15, 0.2) is 11.5 Å². The summed E-state index contributed by atoms with van der Waals surface area (Å²) in [6, 6.07) is 3.34. The lowest BCUT2D eigenvalue weighted by molar-refractivity contribution is -0.208. The minimum absolute atomic E-state index is 0.0404. The molecule has 2 bridgehead atoms. The zero-order valence-electron chi connectivity index (χ0n) is 19.8. The first-order valence-electron chi connectivity index (χ1n) is 12.6. The number of hydrogen-bond acceptors (Lipinski definition) is 6. The van der Waals surface area contributed by atoms with E-state index in [1.54, 1.807) is 6.07 Å². The summed E-state index contributed by atoms with van der Waals surface area (Å²) >= 11 is 0. The van der Waals surface area contributed by atoms with Crippen molar-refractivity contribution in [2.45, 2.75) is 87.6 Å². The van der Waals surface area contributed by atoms with Gasteiger partial charge in [0.25, 0.3) is 0 Å². The van der Waals surface area contributed by atoms with E-state index in [0.29, 0.717) is 5.75 Å². The molecular formula is C26H36N2O5. The summed E-state index contributed by atoms with van der Waals surface area (Å²) in [7, 11) is 1.85. The smallest absolute Gasteiger partial charge is 0.320 e. The van der Waals surface area contributed by atoms with Gasteiger partial charge in [0.05, 0.1) is 11.0 Å². The van der Waals surface area contributed by atoms with Crippen LogP contribution in [0.3, 0.4) is 0 Å². The fourth-order valence-corrected chi connectivity index (χ4v) is 7.82. The van der Waals surface area contributed by atoms with Gasteiger partial charge in [-0.1, -0.05) is 19.9 Å². The van der Waals surface area contributed by atoms with Crippen molar-refractivity contribution in [1.82, 2.24) is 10.2 Å². The van der Waals surface area contributed by atoms with Crippen LogP contribution in [0.2, 0.25) is 0 Å². The van der Waals surface area contributed by atoms with Crippen LogP contribution in [0.5, 0.6) is 11.5 Å². The van der Waals surface area contributed by atoms with Crippen molar-refractivity contribution in [2.24, 2.45) is 11.8 Å². The van der Waals surface area contributed by atoms with Crippen molar-refractivity contribution >= 4 is 5.97 Å². The number of methoxy groups -OCH3 is 1. The predicted molar refractivity (Wildman–Crippen MR) is 123 cm³/mol. The molecule has 33 heavy (non-hydrogen) atoms. The number of aromatic hydroxyl groups is 1. The van der Waals surface area contributed by atoms with Crippen molar-refractivity contribution < 1.29 is 24.5 Å². The number of phenols is 1. The molecule has 2 heterocycles. The molecule has 7 nitrogen and oxygen atoms in total. The standard InChI is InChI=1S/C26H36N2O5/c1-14(2)21(24(30)31)27-17-8-9-26(32-3)19-12-16-6-7-18(29)22-20(16)25(26,23(17)33-22)10-11-28(19)13-15-4-5-15/h6-7,14-15,17,19,21,23,27,29H,4-5,8-13H2,1-3H3,(H,30,31)/t17-,19+,21+,23-,25-,26+/m0/s1. The fraction of sp³-hybridized carbons (Fsp3) is 0.731. The van der Waals surface area contributed by atoms with Gasteiger partial charge < -0.3 is 19.7 Å². The number of piperidine rings is 1. The van der Waals surface area contributed by atoms with Crippen molar-refractivity contribution in [2.75, 3.05) is 20.2 Å². The summed E-state index contributed by atoms with van der Waals surface area (Å²) < 4.78 is 13.2. The number of hydrogen-bond donors (Lipinski definition) is 3. The van der Waals surface area contributed by atoms with E-state index in [0.717, 1.165) is 50.3 Å². The molecule has 3 fully saturated rings. The van der Waals surface area contributed by atoms with Crippen molar-refractivity contribution in [3.05, 3.63) is 23.3 Å². The zero-order valence-corrected chi connectivity index (χ0v) is 19.8. The minimum Gasteiger partial charge on any atom is -0.504 e. The molecule has 1 saturated heterocycles. The predicted octanol–water partition coefficient (Wildman–Crippen LogP) is 2.68. The first kappa shape index (κ1) is 21.7. The quantitative estimate of drug-likeness (QED) is 0.581. The number of aliphatic carboxylic acids is 1. The van der Waals surface area contributed by atoms with Crippen LogP contribution < -0.4 is 10.1 Å². The normalized spacial score (nSPS) is 37.5. The number of likely N-dealkylation sites (tertiary alicyclic amines) is 1. The lowest BCUT2D eigenvalue weighted by Gasteiger charge is -2.66. The van der Waals surface area contributed by atoms with Gasteiger partial charge in [-0.15, -0.1) is 0 Å². The third kappa shape index (κ3) is 2.82. The number of nitrogens with one attached hydrogen (secondary N) is 1. The maximum absolute atomic E-state index is 12.0. The Hall–Kier alpha value is -1.83. The van der Waals surface area contributed by atoms with E-state index in [9.17, 15) is 15.0 Å². The Kier molecular flexibility index (Phi) is 4.82. The molecule has 6 rings (SSSR count). The number of nitrogens with zero attached hydrogens (tertiary/aromatic N) is 1. The average Bonchev–Trinajstić information content (AvgIpc) is 3.53. The molecule has 1 aromatic carbocycles. The van der Waals surface area contributed by atoms with Crippen LogP contribution in [-0.2, 0) is 21.4 Å². The number of carboxylic acids is 1. The Labute approximate surface area is 195 Å². The maximum Gasteiger partial charge on any atom is 0.320 e. The van der Waals surface area contributed by atoms with E-state index in [2.05, 4.69) is 16.3 Å². The fourth-order valence-electron chi connectivity index (χ4n) is 7.82. The molecule has 2 aliphatic heterocycles. The number of rotatable bonds is 7. The van der Waals surface area contributed by atoms with Crippen LogP contribution in [0.1, 0.15) is 57.1 Å². The molecule has 7 heteroatoms. The van der Waals surface area contributed by atoms with E-state index in [4.69, 9.17) is 9.47 Å². The zero-order chi connectivity index (χ0) is 23.1. The number of ether oxygens (including phenoxy) is 2.